The van der Waals surface area contributed by atoms with E-state index in [2.05, 4.69) is 0 Å². The van der Waals surface area contributed by atoms with E-state index in [1.165, 1.54) is 0 Å². The van der Waals surface area contributed by atoms with Crippen LogP contribution in [0.1, 0.15) is 52.6 Å². The highest BCUT2D eigenvalue weighted by molar-refractivity contribution is 8.18. The molecule has 6 nitrogen and oxygen atoms in total. The topological polar surface area (TPSA) is 68.6 Å². The van der Waals surface area contributed by atoms with E-state index in [1.807, 2.05) is 43.5 Å². The molecule has 1 saturated heterocycles. The summed E-state index contributed by atoms with van der Waals surface area (Å²) < 4.78 is 7.32. The first-order chi connectivity index (χ1) is 17.7. The van der Waals surface area contributed by atoms with E-state index in [1.54, 1.807) is 36.4 Å². The minimum Gasteiger partial charge on any atom is -0.462 e. The number of hydrogen-bond acceptors (Lipinski definition) is 5. The number of imide groups is 1. The van der Waals surface area contributed by atoms with Crippen molar-refractivity contribution in [1.82, 2.24) is 9.47 Å². The molecule has 4 rings (SSSR count). The van der Waals surface area contributed by atoms with Crippen LogP contribution in [0.15, 0.2) is 53.4 Å². The zero-order valence-electron chi connectivity index (χ0n) is 20.7. The van der Waals surface area contributed by atoms with Gasteiger partial charge in [0, 0.05) is 32.7 Å². The molecule has 2 heterocycles. The molecule has 1 aliphatic heterocycles. The number of thioether (sulfide) groups is 1. The molecule has 2 aromatic carbocycles. The average Bonchev–Trinajstić information content (AvgIpc) is 3.30. The third-order valence-electron chi connectivity index (χ3n) is 6.10. The van der Waals surface area contributed by atoms with Crippen LogP contribution < -0.4 is 0 Å². The number of amides is 2. The molecule has 0 aliphatic carbocycles. The Balaban J connectivity index is 1.55. The smallest absolute Gasteiger partial charge is 0.338 e. The van der Waals surface area contributed by atoms with Gasteiger partial charge in [-0.05, 0) is 86.1 Å². The molecule has 192 valence electrons. The normalized spacial score (nSPS) is 14.6. The van der Waals surface area contributed by atoms with Gasteiger partial charge in [0.1, 0.15) is 0 Å². The quantitative estimate of drug-likeness (QED) is 0.162. The van der Waals surface area contributed by atoms with Crippen LogP contribution in [0.2, 0.25) is 10.0 Å². The van der Waals surface area contributed by atoms with Gasteiger partial charge in [0.15, 0.2) is 0 Å². The number of benzene rings is 2. The van der Waals surface area contributed by atoms with E-state index in [0.717, 1.165) is 52.1 Å². The number of aryl methyl sites for hydroxylation is 1. The number of esters is 1. The number of ether oxygens (including phenoxy) is 1. The summed E-state index contributed by atoms with van der Waals surface area (Å²) in [6.45, 7) is 6.36. The highest BCUT2D eigenvalue weighted by Gasteiger charge is 2.36. The van der Waals surface area contributed by atoms with Gasteiger partial charge < -0.3 is 9.30 Å². The van der Waals surface area contributed by atoms with Crippen LogP contribution in [0.25, 0.3) is 11.8 Å². The number of nitrogens with zero attached hydrogens (tertiary/aromatic N) is 2. The van der Waals surface area contributed by atoms with Crippen molar-refractivity contribution in [3.05, 3.63) is 91.6 Å². The van der Waals surface area contributed by atoms with Crippen molar-refractivity contribution in [1.29, 1.82) is 0 Å². The van der Waals surface area contributed by atoms with Crippen LogP contribution in [0.5, 0.6) is 0 Å². The highest BCUT2D eigenvalue weighted by Crippen LogP contribution is 2.36. The SMILES string of the molecule is CCCCOC(=O)c1ccc(-n2c(C)cc(/C=C3\SC(=O)N(Cc4c(Cl)cccc4Cl)C3=O)c2C)cc1. The van der Waals surface area contributed by atoms with E-state index in [4.69, 9.17) is 27.9 Å². The Hall–Kier alpha value is -3.00. The van der Waals surface area contributed by atoms with Crippen molar-refractivity contribution in [3.8, 4) is 5.69 Å². The molecule has 0 atom stereocenters. The molecule has 1 aromatic heterocycles. The van der Waals surface area contributed by atoms with Gasteiger partial charge in [0.25, 0.3) is 11.1 Å². The molecule has 2 amide bonds. The lowest BCUT2D eigenvalue weighted by Gasteiger charge is -2.14. The minimum atomic E-state index is -0.387. The molecule has 1 fully saturated rings. The molecule has 1 aliphatic rings. The molecule has 0 saturated carbocycles. The first kappa shape index (κ1) is 27.0. The maximum absolute atomic E-state index is 13.1. The fourth-order valence-electron chi connectivity index (χ4n) is 4.09. The molecular formula is C28H26Cl2N2O4S. The number of halogens is 2. The summed E-state index contributed by atoms with van der Waals surface area (Å²) >= 11 is 13.4. The van der Waals surface area contributed by atoms with Gasteiger partial charge in [0.05, 0.1) is 23.6 Å². The predicted molar refractivity (Wildman–Crippen MR) is 148 cm³/mol. The van der Waals surface area contributed by atoms with Crippen molar-refractivity contribution < 1.29 is 19.1 Å². The van der Waals surface area contributed by atoms with E-state index >= 15 is 0 Å². The number of rotatable bonds is 8. The second kappa shape index (κ2) is 11.6. The van der Waals surface area contributed by atoms with E-state index < -0.39 is 0 Å². The predicted octanol–water partition coefficient (Wildman–Crippen LogP) is 7.59. The summed E-state index contributed by atoms with van der Waals surface area (Å²) in [4.78, 5) is 39.5. The lowest BCUT2D eigenvalue weighted by molar-refractivity contribution is -0.123. The van der Waals surface area contributed by atoms with Gasteiger partial charge >= 0.3 is 5.97 Å². The van der Waals surface area contributed by atoms with Crippen molar-refractivity contribution in [2.75, 3.05) is 6.61 Å². The van der Waals surface area contributed by atoms with Crippen molar-refractivity contribution >= 4 is 58.2 Å². The summed E-state index contributed by atoms with van der Waals surface area (Å²) in [7, 11) is 0. The summed E-state index contributed by atoms with van der Waals surface area (Å²) in [5, 5.41) is 0.432. The second-order valence-corrected chi connectivity index (χ2v) is 10.5. The second-order valence-electron chi connectivity index (χ2n) is 8.67. The Bertz CT molecular complexity index is 1380. The van der Waals surface area contributed by atoms with Gasteiger partial charge in [0.2, 0.25) is 0 Å². The van der Waals surface area contributed by atoms with Crippen LogP contribution in [0.3, 0.4) is 0 Å². The van der Waals surface area contributed by atoms with E-state index in [-0.39, 0.29) is 23.7 Å². The van der Waals surface area contributed by atoms with Crippen LogP contribution in [-0.4, -0.2) is 33.2 Å². The molecule has 0 unspecified atom stereocenters. The molecule has 0 radical (unpaired) electrons. The summed E-state index contributed by atoms with van der Waals surface area (Å²) in [6.07, 6.45) is 3.53. The van der Waals surface area contributed by atoms with Gasteiger partial charge in [-0.3, -0.25) is 14.5 Å². The average molecular weight is 557 g/mol. The van der Waals surface area contributed by atoms with Gasteiger partial charge in [-0.25, -0.2) is 4.79 Å². The van der Waals surface area contributed by atoms with Crippen molar-refractivity contribution in [2.45, 2.75) is 40.2 Å². The van der Waals surface area contributed by atoms with E-state index in [0.29, 0.717) is 32.7 Å². The summed E-state index contributed by atoms with van der Waals surface area (Å²) in [5.41, 5.74) is 4.57. The third kappa shape index (κ3) is 5.79. The molecule has 0 bridgehead atoms. The first-order valence-corrected chi connectivity index (χ1v) is 13.4. The number of unbranched alkanes of at least 4 members (excludes halogenated alkanes) is 1. The lowest BCUT2D eigenvalue weighted by atomic mass is 10.2. The standard InChI is InChI=1S/C28H26Cl2N2O4S/c1-4-5-13-36-27(34)19-9-11-21(12-10-19)32-17(2)14-20(18(32)3)15-25-26(33)31(28(35)37-25)16-22-23(29)7-6-8-24(22)30/h6-12,14-15H,4-5,13,16H2,1-3H3/b25-15-. The number of carbonyl (C=O) groups is 3. The number of aromatic nitrogens is 1. The Morgan fingerprint density at radius 1 is 1.05 bits per heavy atom. The van der Waals surface area contributed by atoms with Crippen LogP contribution in [0.4, 0.5) is 4.79 Å². The van der Waals surface area contributed by atoms with Crippen molar-refractivity contribution in [2.24, 2.45) is 0 Å². The zero-order valence-corrected chi connectivity index (χ0v) is 23.0. The monoisotopic (exact) mass is 556 g/mol. The van der Waals surface area contributed by atoms with Gasteiger partial charge in [-0.2, -0.15) is 0 Å². The molecule has 3 aromatic rings. The molecular weight excluding hydrogens is 531 g/mol. The number of hydrogen-bond donors (Lipinski definition) is 0. The Morgan fingerprint density at radius 3 is 2.38 bits per heavy atom. The molecule has 0 spiro atoms. The molecule has 9 heteroatoms. The minimum absolute atomic E-state index is 0.00671. The number of carbonyl (C=O) groups excluding carboxylic acids is 3. The highest BCUT2D eigenvalue weighted by atomic mass is 35.5. The van der Waals surface area contributed by atoms with Crippen LogP contribution in [-0.2, 0) is 16.1 Å². The maximum atomic E-state index is 13.1. The van der Waals surface area contributed by atoms with Crippen molar-refractivity contribution in [3.63, 3.8) is 0 Å². The molecule has 0 N–H and O–H groups in total. The van der Waals surface area contributed by atoms with Crippen LogP contribution >= 0.6 is 35.0 Å². The zero-order chi connectivity index (χ0) is 26.7. The fourth-order valence-corrected chi connectivity index (χ4v) is 5.44. The first-order valence-electron chi connectivity index (χ1n) is 11.9. The maximum Gasteiger partial charge on any atom is 0.338 e. The van der Waals surface area contributed by atoms with Gasteiger partial charge in [-0.1, -0.05) is 42.6 Å². The molecule has 37 heavy (non-hydrogen) atoms. The third-order valence-corrected chi connectivity index (χ3v) is 7.72. The Labute approximate surface area is 230 Å². The van der Waals surface area contributed by atoms with E-state index in [9.17, 15) is 14.4 Å². The van der Waals surface area contributed by atoms with Crippen LogP contribution in [0, 0.1) is 13.8 Å². The Morgan fingerprint density at radius 2 is 1.73 bits per heavy atom. The largest absolute Gasteiger partial charge is 0.462 e. The summed E-state index contributed by atoms with van der Waals surface area (Å²) in [5.74, 6) is -0.725. The Kier molecular flexibility index (Phi) is 8.47. The fraction of sp³-hybridized carbons (Fsp3) is 0.250. The van der Waals surface area contributed by atoms with Gasteiger partial charge in [-0.15, -0.1) is 0 Å². The lowest BCUT2D eigenvalue weighted by Crippen LogP contribution is -2.27. The summed E-state index contributed by atoms with van der Waals surface area (Å²) in [6, 6.07) is 14.2.